The molecule has 1 atom stereocenters. The summed E-state index contributed by atoms with van der Waals surface area (Å²) < 4.78 is 16.8. The van der Waals surface area contributed by atoms with Crippen LogP contribution < -0.4 is 5.32 Å². The van der Waals surface area contributed by atoms with Crippen molar-refractivity contribution in [3.63, 3.8) is 0 Å². The standard InChI is InChI=1S/C14H15BrFN3/c15-11-2-3-12(16)10-1-4-13(14(10)11)18-6-8-19-7-5-17-9-19/h2-3,5,7,9,13,18H,1,4,6,8H2/t13-/m0/s1. The molecule has 2 aromatic rings. The molecule has 0 spiro atoms. The number of imidazole rings is 1. The summed E-state index contributed by atoms with van der Waals surface area (Å²) in [6.07, 6.45) is 7.29. The van der Waals surface area contributed by atoms with Crippen molar-refractivity contribution in [1.82, 2.24) is 14.9 Å². The first-order chi connectivity index (χ1) is 9.25. The van der Waals surface area contributed by atoms with E-state index in [9.17, 15) is 4.39 Å². The Morgan fingerprint density at radius 2 is 2.37 bits per heavy atom. The Bertz CT molecular complexity index is 568. The monoisotopic (exact) mass is 323 g/mol. The minimum atomic E-state index is -0.0860. The molecule has 100 valence electrons. The van der Waals surface area contributed by atoms with Crippen LogP contribution in [0, 0.1) is 5.82 Å². The summed E-state index contributed by atoms with van der Waals surface area (Å²) >= 11 is 3.53. The van der Waals surface area contributed by atoms with Crippen LogP contribution in [0.4, 0.5) is 4.39 Å². The van der Waals surface area contributed by atoms with Gasteiger partial charge in [0.2, 0.25) is 0 Å². The summed E-state index contributed by atoms with van der Waals surface area (Å²) in [6, 6.07) is 3.57. The molecule has 0 amide bonds. The number of nitrogens with zero attached hydrogens (tertiary/aromatic N) is 2. The average molecular weight is 324 g/mol. The molecule has 1 aliphatic carbocycles. The molecule has 1 aromatic carbocycles. The summed E-state index contributed by atoms with van der Waals surface area (Å²) in [5.41, 5.74) is 1.94. The van der Waals surface area contributed by atoms with Gasteiger partial charge in [-0.3, -0.25) is 0 Å². The minimum Gasteiger partial charge on any atom is -0.336 e. The van der Waals surface area contributed by atoms with Gasteiger partial charge in [0, 0.05) is 36.0 Å². The van der Waals surface area contributed by atoms with E-state index in [1.54, 1.807) is 18.6 Å². The van der Waals surface area contributed by atoms with Crippen molar-refractivity contribution >= 4 is 15.9 Å². The molecule has 0 fully saturated rings. The van der Waals surface area contributed by atoms with Crippen LogP contribution >= 0.6 is 15.9 Å². The highest BCUT2D eigenvalue weighted by atomic mass is 79.9. The number of nitrogens with one attached hydrogen (secondary N) is 1. The predicted molar refractivity (Wildman–Crippen MR) is 75.4 cm³/mol. The van der Waals surface area contributed by atoms with Crippen LogP contribution in [0.1, 0.15) is 23.6 Å². The van der Waals surface area contributed by atoms with Gasteiger partial charge in [0.1, 0.15) is 5.82 Å². The fourth-order valence-corrected chi connectivity index (χ4v) is 3.31. The molecule has 0 radical (unpaired) electrons. The molecule has 0 bridgehead atoms. The van der Waals surface area contributed by atoms with Crippen LogP contribution in [-0.2, 0) is 13.0 Å². The third-order valence-corrected chi connectivity index (χ3v) is 4.29. The van der Waals surface area contributed by atoms with E-state index in [2.05, 4.69) is 26.2 Å². The molecule has 1 aromatic heterocycles. The Morgan fingerprint density at radius 1 is 1.47 bits per heavy atom. The number of halogens is 2. The van der Waals surface area contributed by atoms with Gasteiger partial charge in [-0.1, -0.05) is 15.9 Å². The zero-order valence-electron chi connectivity index (χ0n) is 10.4. The molecule has 0 saturated carbocycles. The summed E-state index contributed by atoms with van der Waals surface area (Å²) in [6.45, 7) is 1.72. The molecular formula is C14H15BrFN3. The summed E-state index contributed by atoms with van der Waals surface area (Å²) in [7, 11) is 0. The first kappa shape index (κ1) is 12.8. The van der Waals surface area contributed by atoms with E-state index in [0.717, 1.165) is 41.5 Å². The van der Waals surface area contributed by atoms with Gasteiger partial charge in [-0.05, 0) is 36.1 Å². The van der Waals surface area contributed by atoms with E-state index >= 15 is 0 Å². The molecule has 19 heavy (non-hydrogen) atoms. The third kappa shape index (κ3) is 2.58. The Labute approximate surface area is 120 Å². The molecular weight excluding hydrogens is 309 g/mol. The lowest BCUT2D eigenvalue weighted by atomic mass is 10.1. The SMILES string of the molecule is Fc1ccc(Br)c2c1CC[C@@H]2NCCn1ccnc1. The van der Waals surface area contributed by atoms with Crippen LogP contribution in [0.15, 0.2) is 35.3 Å². The summed E-state index contributed by atoms with van der Waals surface area (Å²) in [4.78, 5) is 4.01. The molecule has 0 aliphatic heterocycles. The molecule has 0 unspecified atom stereocenters. The van der Waals surface area contributed by atoms with Gasteiger partial charge in [-0.2, -0.15) is 0 Å². The lowest BCUT2D eigenvalue weighted by Gasteiger charge is -2.15. The summed E-state index contributed by atoms with van der Waals surface area (Å²) in [5.74, 6) is -0.0860. The quantitative estimate of drug-likeness (QED) is 0.937. The molecule has 1 aliphatic rings. The van der Waals surface area contributed by atoms with Crippen molar-refractivity contribution in [3.05, 3.63) is 52.3 Å². The minimum absolute atomic E-state index is 0.0860. The molecule has 1 heterocycles. The molecule has 0 saturated heterocycles. The number of hydrogen-bond donors (Lipinski definition) is 1. The molecule has 3 nitrogen and oxygen atoms in total. The van der Waals surface area contributed by atoms with Gasteiger partial charge >= 0.3 is 0 Å². The zero-order chi connectivity index (χ0) is 13.2. The fourth-order valence-electron chi connectivity index (χ4n) is 2.66. The van der Waals surface area contributed by atoms with Crippen LogP contribution in [-0.4, -0.2) is 16.1 Å². The van der Waals surface area contributed by atoms with E-state index in [-0.39, 0.29) is 11.9 Å². The largest absolute Gasteiger partial charge is 0.336 e. The van der Waals surface area contributed by atoms with Crippen molar-refractivity contribution in [2.24, 2.45) is 0 Å². The van der Waals surface area contributed by atoms with Gasteiger partial charge in [-0.15, -0.1) is 0 Å². The van der Waals surface area contributed by atoms with E-state index in [4.69, 9.17) is 0 Å². The van der Waals surface area contributed by atoms with Gasteiger partial charge in [0.25, 0.3) is 0 Å². The number of rotatable bonds is 4. The third-order valence-electron chi connectivity index (χ3n) is 3.60. The van der Waals surface area contributed by atoms with Gasteiger partial charge in [0.15, 0.2) is 0 Å². The first-order valence-corrected chi connectivity index (χ1v) is 7.21. The van der Waals surface area contributed by atoms with Crippen LogP contribution in [0.3, 0.4) is 0 Å². The highest BCUT2D eigenvalue weighted by molar-refractivity contribution is 9.10. The maximum absolute atomic E-state index is 13.7. The molecule has 5 heteroatoms. The van der Waals surface area contributed by atoms with Gasteiger partial charge in [-0.25, -0.2) is 9.37 Å². The number of aromatic nitrogens is 2. The van der Waals surface area contributed by atoms with Crippen LogP contribution in [0.2, 0.25) is 0 Å². The number of hydrogen-bond acceptors (Lipinski definition) is 2. The van der Waals surface area contributed by atoms with Gasteiger partial charge < -0.3 is 9.88 Å². The maximum Gasteiger partial charge on any atom is 0.126 e. The second-order valence-corrected chi connectivity index (χ2v) is 5.62. The summed E-state index contributed by atoms with van der Waals surface area (Å²) in [5, 5.41) is 3.50. The predicted octanol–water partition coefficient (Wildman–Crippen LogP) is 3.06. The highest BCUT2D eigenvalue weighted by Crippen LogP contribution is 2.37. The highest BCUT2D eigenvalue weighted by Gasteiger charge is 2.26. The first-order valence-electron chi connectivity index (χ1n) is 6.41. The van der Waals surface area contributed by atoms with E-state index < -0.39 is 0 Å². The Morgan fingerprint density at radius 3 is 3.16 bits per heavy atom. The Hall–Kier alpha value is -1.20. The van der Waals surface area contributed by atoms with Crippen molar-refractivity contribution in [2.75, 3.05) is 6.54 Å². The van der Waals surface area contributed by atoms with Crippen molar-refractivity contribution < 1.29 is 4.39 Å². The molecule has 1 N–H and O–H groups in total. The Kier molecular flexibility index (Phi) is 3.66. The smallest absolute Gasteiger partial charge is 0.126 e. The lowest BCUT2D eigenvalue weighted by molar-refractivity contribution is 0.500. The van der Waals surface area contributed by atoms with Crippen molar-refractivity contribution in [1.29, 1.82) is 0 Å². The van der Waals surface area contributed by atoms with Crippen molar-refractivity contribution in [3.8, 4) is 0 Å². The topological polar surface area (TPSA) is 29.9 Å². The van der Waals surface area contributed by atoms with Gasteiger partial charge in [0.05, 0.1) is 6.33 Å². The van der Waals surface area contributed by atoms with Crippen molar-refractivity contribution in [2.45, 2.75) is 25.4 Å². The van der Waals surface area contributed by atoms with E-state index in [0.29, 0.717) is 0 Å². The lowest BCUT2D eigenvalue weighted by Crippen LogP contribution is -2.23. The fraction of sp³-hybridized carbons (Fsp3) is 0.357. The number of benzene rings is 1. The normalized spacial score (nSPS) is 17.7. The maximum atomic E-state index is 13.7. The van der Waals surface area contributed by atoms with E-state index in [1.807, 2.05) is 10.8 Å². The second-order valence-electron chi connectivity index (χ2n) is 4.77. The molecule has 3 rings (SSSR count). The number of fused-ring (bicyclic) bond motifs is 1. The van der Waals surface area contributed by atoms with E-state index in [1.165, 1.54) is 6.07 Å². The Balaban J connectivity index is 1.67. The van der Waals surface area contributed by atoms with Crippen LogP contribution in [0.5, 0.6) is 0 Å². The second kappa shape index (κ2) is 5.43. The zero-order valence-corrected chi connectivity index (χ0v) is 12.0. The average Bonchev–Trinajstić information content (AvgIpc) is 3.04. The van der Waals surface area contributed by atoms with Crippen LogP contribution in [0.25, 0.3) is 0 Å².